The molecule has 0 heterocycles. The predicted octanol–water partition coefficient (Wildman–Crippen LogP) is 7.05. The maximum absolute atomic E-state index is 13.3. The Kier molecular flexibility index (Phi) is 9.17. The van der Waals surface area contributed by atoms with Gasteiger partial charge in [-0.15, -0.1) is 11.8 Å². The van der Waals surface area contributed by atoms with Crippen LogP contribution in [0.25, 0.3) is 0 Å². The topological polar surface area (TPSA) is 29.1 Å². The second-order valence-electron chi connectivity index (χ2n) is 8.74. The third-order valence-corrected chi connectivity index (χ3v) is 11.3. The lowest BCUT2D eigenvalue weighted by atomic mass is 10.1. The van der Waals surface area contributed by atoms with Crippen molar-refractivity contribution in [2.24, 2.45) is 0 Å². The first-order chi connectivity index (χ1) is 17.6. The quantitative estimate of drug-likeness (QED) is 0.183. The summed E-state index contributed by atoms with van der Waals surface area (Å²) in [6.07, 6.45) is 2.21. The second kappa shape index (κ2) is 12.7. The summed E-state index contributed by atoms with van der Waals surface area (Å²) in [5.41, 5.74) is 1.81. The highest BCUT2D eigenvalue weighted by molar-refractivity contribution is 8.04. The molecular formula is C32H33NOPS+. The Bertz CT molecular complexity index is 1180. The van der Waals surface area contributed by atoms with E-state index in [0.29, 0.717) is 5.56 Å². The van der Waals surface area contributed by atoms with Gasteiger partial charge in [0.15, 0.2) is 0 Å². The molecule has 4 heteroatoms. The number of nitrogens with one attached hydrogen (secondary N) is 1. The van der Waals surface area contributed by atoms with E-state index >= 15 is 0 Å². The molecule has 36 heavy (non-hydrogen) atoms. The van der Waals surface area contributed by atoms with Gasteiger partial charge in [0.05, 0.1) is 0 Å². The Balaban J connectivity index is 1.89. The van der Waals surface area contributed by atoms with Crippen LogP contribution in [0.3, 0.4) is 0 Å². The molecule has 0 spiro atoms. The first kappa shape index (κ1) is 25.9. The zero-order valence-corrected chi connectivity index (χ0v) is 22.6. The van der Waals surface area contributed by atoms with Gasteiger partial charge in [-0.1, -0.05) is 85.6 Å². The number of hydrogen-bond acceptors (Lipinski definition) is 2. The van der Waals surface area contributed by atoms with Crippen molar-refractivity contribution in [3.63, 3.8) is 0 Å². The van der Waals surface area contributed by atoms with E-state index in [-0.39, 0.29) is 5.91 Å². The Morgan fingerprint density at radius 3 is 1.67 bits per heavy atom. The molecule has 0 atom stereocenters. The van der Waals surface area contributed by atoms with Crippen LogP contribution < -0.4 is 21.2 Å². The Morgan fingerprint density at radius 1 is 0.750 bits per heavy atom. The zero-order valence-electron chi connectivity index (χ0n) is 20.9. The number of rotatable bonds is 10. The van der Waals surface area contributed by atoms with E-state index in [1.165, 1.54) is 15.9 Å². The molecule has 1 amide bonds. The third kappa shape index (κ3) is 6.16. The normalized spacial score (nSPS) is 11.8. The van der Waals surface area contributed by atoms with Gasteiger partial charge < -0.3 is 5.32 Å². The molecule has 0 aliphatic carbocycles. The molecule has 0 fully saturated rings. The summed E-state index contributed by atoms with van der Waals surface area (Å²) >= 11 is 1.74. The Morgan fingerprint density at radius 2 is 1.22 bits per heavy atom. The highest BCUT2D eigenvalue weighted by Crippen LogP contribution is 2.58. The lowest BCUT2D eigenvalue weighted by Crippen LogP contribution is -2.31. The first-order valence-electron chi connectivity index (χ1n) is 12.4. The molecular weight excluding hydrogens is 477 g/mol. The lowest BCUT2D eigenvalue weighted by molar-refractivity contribution is 0.0969. The van der Waals surface area contributed by atoms with Gasteiger partial charge in [0, 0.05) is 5.56 Å². The van der Waals surface area contributed by atoms with Crippen molar-refractivity contribution >= 4 is 40.8 Å². The van der Waals surface area contributed by atoms with Gasteiger partial charge >= 0.3 is 0 Å². The smallest absolute Gasteiger partial charge is 0.256 e. The van der Waals surface area contributed by atoms with Crippen molar-refractivity contribution in [2.75, 3.05) is 5.75 Å². The van der Waals surface area contributed by atoms with Crippen LogP contribution in [0.15, 0.2) is 126 Å². The van der Waals surface area contributed by atoms with Crippen molar-refractivity contribution < 1.29 is 4.79 Å². The van der Waals surface area contributed by atoms with E-state index in [0.717, 1.165) is 29.2 Å². The van der Waals surface area contributed by atoms with Crippen LogP contribution >= 0.6 is 19.0 Å². The Hall–Kier alpha value is -3.13. The molecule has 2 nitrogen and oxygen atoms in total. The summed E-state index contributed by atoms with van der Waals surface area (Å²) < 4.78 is 0. The van der Waals surface area contributed by atoms with Crippen LogP contribution in [0.1, 0.15) is 35.7 Å². The maximum Gasteiger partial charge on any atom is 0.256 e. The van der Waals surface area contributed by atoms with E-state index in [1.54, 1.807) is 11.8 Å². The van der Waals surface area contributed by atoms with Crippen molar-refractivity contribution in [3.8, 4) is 0 Å². The van der Waals surface area contributed by atoms with Crippen LogP contribution in [0.2, 0.25) is 0 Å². The SMILES string of the molecule is CCCCSC(=C[P+](c1ccccc1)(c1ccccc1)c1ccccc1)NC(=O)c1ccc(C)cc1. The molecule has 4 aromatic rings. The fourth-order valence-corrected chi connectivity index (χ4v) is 9.43. The zero-order chi connectivity index (χ0) is 25.2. The molecule has 0 saturated heterocycles. The van der Waals surface area contributed by atoms with Crippen LogP contribution in [0.5, 0.6) is 0 Å². The highest BCUT2D eigenvalue weighted by Gasteiger charge is 2.44. The minimum atomic E-state index is -2.21. The molecule has 0 radical (unpaired) electrons. The van der Waals surface area contributed by atoms with Gasteiger partial charge in [-0.05, 0) is 67.6 Å². The fourth-order valence-electron chi connectivity index (χ4n) is 4.16. The molecule has 0 aliphatic rings. The van der Waals surface area contributed by atoms with Crippen molar-refractivity contribution in [3.05, 3.63) is 137 Å². The molecule has 4 aromatic carbocycles. The summed E-state index contributed by atoms with van der Waals surface area (Å²) in [5.74, 6) is 3.24. The number of carbonyl (C=O) groups excluding carboxylic acids is 1. The van der Waals surface area contributed by atoms with E-state index < -0.39 is 7.26 Å². The number of aryl methyl sites for hydroxylation is 1. The molecule has 0 unspecified atom stereocenters. The largest absolute Gasteiger partial charge is 0.314 e. The summed E-state index contributed by atoms with van der Waals surface area (Å²) in [7, 11) is -2.21. The Labute approximate surface area is 220 Å². The fraction of sp³-hybridized carbons (Fsp3) is 0.156. The van der Waals surface area contributed by atoms with E-state index in [2.05, 4.69) is 109 Å². The molecule has 0 aliphatic heterocycles. The summed E-state index contributed by atoms with van der Waals surface area (Å²) in [5, 5.41) is 8.00. The average molecular weight is 511 g/mol. The van der Waals surface area contributed by atoms with Gasteiger partial charge in [-0.2, -0.15) is 0 Å². The summed E-state index contributed by atoms with van der Waals surface area (Å²) in [6.45, 7) is 4.23. The van der Waals surface area contributed by atoms with Crippen LogP contribution in [-0.4, -0.2) is 11.7 Å². The minimum absolute atomic E-state index is 0.0717. The highest BCUT2D eigenvalue weighted by atomic mass is 32.2. The number of carbonyl (C=O) groups is 1. The van der Waals surface area contributed by atoms with E-state index in [1.807, 2.05) is 31.2 Å². The van der Waals surface area contributed by atoms with Gasteiger partial charge in [0.1, 0.15) is 34.0 Å². The van der Waals surface area contributed by atoms with Gasteiger partial charge in [0.25, 0.3) is 5.91 Å². The molecule has 0 saturated carbocycles. The van der Waals surface area contributed by atoms with Crippen molar-refractivity contribution in [1.29, 1.82) is 0 Å². The van der Waals surface area contributed by atoms with Crippen LogP contribution in [0, 0.1) is 6.92 Å². The number of benzene rings is 4. The van der Waals surface area contributed by atoms with Crippen molar-refractivity contribution in [2.45, 2.75) is 26.7 Å². The minimum Gasteiger partial charge on any atom is -0.314 e. The predicted molar refractivity (Wildman–Crippen MR) is 159 cm³/mol. The number of thioether (sulfide) groups is 1. The van der Waals surface area contributed by atoms with Crippen LogP contribution in [0.4, 0.5) is 0 Å². The van der Waals surface area contributed by atoms with Gasteiger partial charge in [-0.25, -0.2) is 0 Å². The number of hydrogen-bond donors (Lipinski definition) is 1. The molecule has 4 rings (SSSR count). The lowest BCUT2D eigenvalue weighted by Gasteiger charge is -2.25. The van der Waals surface area contributed by atoms with Gasteiger partial charge in [-0.3, -0.25) is 4.79 Å². The van der Waals surface area contributed by atoms with Crippen LogP contribution in [-0.2, 0) is 0 Å². The number of amides is 1. The average Bonchev–Trinajstić information content (AvgIpc) is 2.93. The monoisotopic (exact) mass is 510 g/mol. The summed E-state index contributed by atoms with van der Waals surface area (Å²) in [6, 6.07) is 39.9. The standard InChI is InChI=1S/C32H32NOPS/c1-3-4-24-36-31(33-32(34)27-22-20-26(2)21-23-27)25-35(28-14-8-5-9-15-28,29-16-10-6-11-17-29)30-18-12-7-13-19-30/h5-23,25H,3-4,24H2,1-2H3/p+1. The van der Waals surface area contributed by atoms with E-state index in [4.69, 9.17) is 0 Å². The number of unbranched alkanes of at least 4 members (excludes halogenated alkanes) is 1. The molecule has 0 bridgehead atoms. The molecule has 1 N–H and O–H groups in total. The van der Waals surface area contributed by atoms with E-state index in [9.17, 15) is 4.79 Å². The molecule has 0 aromatic heterocycles. The molecule has 182 valence electrons. The van der Waals surface area contributed by atoms with Crippen molar-refractivity contribution in [1.82, 2.24) is 5.32 Å². The third-order valence-electron chi connectivity index (χ3n) is 6.11. The van der Waals surface area contributed by atoms with Gasteiger partial charge in [0.2, 0.25) is 0 Å². The maximum atomic E-state index is 13.3. The first-order valence-corrected chi connectivity index (χ1v) is 15.3. The summed E-state index contributed by atoms with van der Waals surface area (Å²) in [4.78, 5) is 13.3. The second-order valence-corrected chi connectivity index (χ2v) is 13.1.